The molecule has 0 spiro atoms. The van der Waals surface area contributed by atoms with E-state index in [2.05, 4.69) is 10.3 Å². The summed E-state index contributed by atoms with van der Waals surface area (Å²) in [6, 6.07) is 5.88. The molecule has 0 unspecified atom stereocenters. The number of guanidine groups is 1. The molecule has 36 heavy (non-hydrogen) atoms. The quantitative estimate of drug-likeness (QED) is 0.355. The molecule has 0 atom stereocenters. The molecule has 1 aromatic carbocycles. The number of amides is 2. The number of ether oxygens (including phenoxy) is 1. The van der Waals surface area contributed by atoms with Gasteiger partial charge in [-0.25, -0.2) is 4.99 Å². The van der Waals surface area contributed by atoms with Gasteiger partial charge in [-0.3, -0.25) is 14.9 Å². The molecule has 198 valence electrons. The van der Waals surface area contributed by atoms with Gasteiger partial charge < -0.3 is 19.6 Å². The van der Waals surface area contributed by atoms with Gasteiger partial charge in [-0.2, -0.15) is 0 Å². The number of hydrogen-bond acceptors (Lipinski definition) is 6. The summed E-state index contributed by atoms with van der Waals surface area (Å²) in [6.07, 6.45) is 13.5. The van der Waals surface area contributed by atoms with Crippen molar-refractivity contribution in [3.8, 4) is 5.75 Å². The van der Waals surface area contributed by atoms with Gasteiger partial charge in [0, 0.05) is 31.6 Å². The lowest BCUT2D eigenvalue weighted by atomic mass is 10.0. The van der Waals surface area contributed by atoms with Gasteiger partial charge in [0.15, 0.2) is 0 Å². The van der Waals surface area contributed by atoms with E-state index in [1.165, 1.54) is 38.5 Å². The molecule has 1 saturated heterocycles. The third-order valence-electron chi connectivity index (χ3n) is 7.57. The van der Waals surface area contributed by atoms with Gasteiger partial charge in [0.2, 0.25) is 17.8 Å². The molecule has 0 aromatic heterocycles. The van der Waals surface area contributed by atoms with Crippen molar-refractivity contribution < 1.29 is 19.4 Å². The molecule has 1 aromatic rings. The molecule has 2 N–H and O–H groups in total. The van der Waals surface area contributed by atoms with Crippen molar-refractivity contribution in [2.24, 2.45) is 10.9 Å². The second-order valence-corrected chi connectivity index (χ2v) is 10.4. The van der Waals surface area contributed by atoms with Crippen molar-refractivity contribution in [3.05, 3.63) is 23.8 Å². The summed E-state index contributed by atoms with van der Waals surface area (Å²) in [4.78, 5) is 32.5. The number of benzene rings is 1. The van der Waals surface area contributed by atoms with Gasteiger partial charge in [0.1, 0.15) is 12.3 Å². The number of aliphatic imine (C=N–C) groups is 1. The molecular weight excluding hydrogens is 456 g/mol. The number of unbranched alkanes of at least 4 members (excludes halogenated alkanes) is 4. The largest absolute Gasteiger partial charge is 0.494 e. The Kier molecular flexibility index (Phi) is 10.0. The van der Waals surface area contributed by atoms with E-state index in [0.29, 0.717) is 38.6 Å². The molecule has 1 aliphatic carbocycles. The maximum absolute atomic E-state index is 12.6. The molecule has 1 saturated carbocycles. The van der Waals surface area contributed by atoms with Crippen molar-refractivity contribution in [2.45, 2.75) is 83.6 Å². The highest BCUT2D eigenvalue weighted by atomic mass is 16.5. The Hall–Kier alpha value is -2.61. The Morgan fingerprint density at radius 3 is 2.75 bits per heavy atom. The van der Waals surface area contributed by atoms with Crippen LogP contribution in [-0.2, 0) is 16.1 Å². The number of aliphatic hydroxyl groups is 1. The van der Waals surface area contributed by atoms with Crippen LogP contribution in [0.4, 0.5) is 5.69 Å². The third kappa shape index (κ3) is 7.69. The molecule has 0 radical (unpaired) electrons. The van der Waals surface area contributed by atoms with E-state index >= 15 is 0 Å². The fraction of sp³-hybridized carbons (Fsp3) is 0.679. The predicted molar refractivity (Wildman–Crippen MR) is 140 cm³/mol. The summed E-state index contributed by atoms with van der Waals surface area (Å²) in [7, 11) is 0. The number of rotatable bonds is 15. The van der Waals surface area contributed by atoms with Crippen molar-refractivity contribution >= 4 is 23.5 Å². The highest BCUT2D eigenvalue weighted by Gasteiger charge is 2.29. The minimum atomic E-state index is -0.0182. The molecule has 2 fully saturated rings. The van der Waals surface area contributed by atoms with Crippen molar-refractivity contribution in [1.82, 2.24) is 15.1 Å². The van der Waals surface area contributed by atoms with Gasteiger partial charge in [-0.15, -0.1) is 0 Å². The smallest absolute Gasteiger partial charge is 0.246 e. The summed E-state index contributed by atoms with van der Waals surface area (Å²) in [5, 5.41) is 12.1. The zero-order valence-corrected chi connectivity index (χ0v) is 21.6. The first-order valence-corrected chi connectivity index (χ1v) is 13.9. The Balaban J connectivity index is 1.07. The fourth-order valence-electron chi connectivity index (χ4n) is 5.52. The number of nitrogens with zero attached hydrogens (tertiary/aromatic N) is 3. The van der Waals surface area contributed by atoms with Gasteiger partial charge in [0.05, 0.1) is 18.9 Å². The van der Waals surface area contributed by atoms with E-state index in [-0.39, 0.29) is 18.4 Å². The van der Waals surface area contributed by atoms with E-state index in [1.54, 1.807) is 0 Å². The predicted octanol–water partition coefficient (Wildman–Crippen LogP) is 4.13. The van der Waals surface area contributed by atoms with Crippen molar-refractivity contribution in [2.75, 3.05) is 32.8 Å². The SMILES string of the molecule is O=C1CN2Cc3cc(OCCCCCCC(=O)N(CCO)CCCCC4CCCC4)ccc3N=C2N1. The van der Waals surface area contributed by atoms with Crippen molar-refractivity contribution in [3.63, 3.8) is 0 Å². The molecule has 2 heterocycles. The first kappa shape index (κ1) is 26.5. The number of nitrogens with one attached hydrogen (secondary N) is 1. The maximum atomic E-state index is 12.6. The minimum absolute atomic E-state index is 0.0182. The topological polar surface area (TPSA) is 94.5 Å². The molecule has 3 aliphatic rings. The number of hydrogen-bond donors (Lipinski definition) is 2. The molecule has 0 bridgehead atoms. The molecule has 4 rings (SSSR count). The van der Waals surface area contributed by atoms with E-state index in [1.807, 2.05) is 28.0 Å². The highest BCUT2D eigenvalue weighted by molar-refractivity contribution is 6.05. The highest BCUT2D eigenvalue weighted by Crippen LogP contribution is 2.31. The number of fused-ring (bicyclic) bond motifs is 2. The van der Waals surface area contributed by atoms with E-state index < -0.39 is 0 Å². The fourth-order valence-corrected chi connectivity index (χ4v) is 5.52. The van der Waals surface area contributed by atoms with Crippen LogP contribution in [0.3, 0.4) is 0 Å². The van der Waals surface area contributed by atoms with Crippen LogP contribution in [0, 0.1) is 5.92 Å². The monoisotopic (exact) mass is 498 g/mol. The summed E-state index contributed by atoms with van der Waals surface area (Å²) in [5.74, 6) is 2.53. The van der Waals surface area contributed by atoms with Crippen LogP contribution < -0.4 is 10.1 Å². The van der Waals surface area contributed by atoms with E-state index in [9.17, 15) is 14.7 Å². The summed E-state index contributed by atoms with van der Waals surface area (Å²) in [6.45, 7) is 2.92. The van der Waals surface area contributed by atoms with Gasteiger partial charge in [0.25, 0.3) is 0 Å². The third-order valence-corrected chi connectivity index (χ3v) is 7.57. The average Bonchev–Trinajstić information content (AvgIpc) is 3.52. The minimum Gasteiger partial charge on any atom is -0.494 e. The van der Waals surface area contributed by atoms with Crippen LogP contribution in [0.15, 0.2) is 23.2 Å². The Labute approximate surface area is 215 Å². The second-order valence-electron chi connectivity index (χ2n) is 10.4. The van der Waals surface area contributed by atoms with Crippen molar-refractivity contribution in [1.29, 1.82) is 0 Å². The summed E-state index contributed by atoms with van der Waals surface area (Å²) in [5.41, 5.74) is 1.95. The molecule has 2 amide bonds. The van der Waals surface area contributed by atoms with Crippen LogP contribution in [0.2, 0.25) is 0 Å². The first-order valence-electron chi connectivity index (χ1n) is 13.9. The van der Waals surface area contributed by atoms with Crippen LogP contribution in [0.1, 0.15) is 82.6 Å². The second kappa shape index (κ2) is 13.6. The number of carbonyl (C=O) groups excluding carboxylic acids is 2. The Bertz CT molecular complexity index is 913. The summed E-state index contributed by atoms with van der Waals surface area (Å²) < 4.78 is 5.94. The molecule has 8 heteroatoms. The maximum Gasteiger partial charge on any atom is 0.246 e. The van der Waals surface area contributed by atoms with Crippen LogP contribution in [0.5, 0.6) is 5.75 Å². The number of aliphatic hydroxyl groups excluding tert-OH is 1. The van der Waals surface area contributed by atoms with E-state index in [0.717, 1.165) is 61.6 Å². The molecule has 8 nitrogen and oxygen atoms in total. The lowest BCUT2D eigenvalue weighted by molar-refractivity contribution is -0.132. The van der Waals surface area contributed by atoms with Gasteiger partial charge >= 0.3 is 0 Å². The van der Waals surface area contributed by atoms with Crippen LogP contribution in [0.25, 0.3) is 0 Å². The summed E-state index contributed by atoms with van der Waals surface area (Å²) >= 11 is 0. The Morgan fingerprint density at radius 2 is 1.92 bits per heavy atom. The lowest BCUT2D eigenvalue weighted by Crippen LogP contribution is -2.34. The lowest BCUT2D eigenvalue weighted by Gasteiger charge is -2.23. The first-order chi connectivity index (χ1) is 17.6. The van der Waals surface area contributed by atoms with Gasteiger partial charge in [-0.05, 0) is 43.4 Å². The standard InChI is InChI=1S/C28H42N4O4/c33-17-16-31(15-7-6-11-22-9-4-5-10-22)27(35)12-3-1-2-8-18-36-24-13-14-25-23(19-24)20-32-21-26(34)30-28(32)29-25/h13-14,19,22,33H,1-12,15-18,20-21H2,(H,29,30,34). The Morgan fingerprint density at radius 1 is 1.08 bits per heavy atom. The van der Waals surface area contributed by atoms with E-state index in [4.69, 9.17) is 4.74 Å². The van der Waals surface area contributed by atoms with Crippen LogP contribution in [-0.4, -0.2) is 65.5 Å². The molecular formula is C28H42N4O4. The van der Waals surface area contributed by atoms with Gasteiger partial charge in [-0.1, -0.05) is 51.4 Å². The van der Waals surface area contributed by atoms with Crippen LogP contribution >= 0.6 is 0 Å². The number of carbonyl (C=O) groups is 2. The zero-order chi connectivity index (χ0) is 25.2. The zero-order valence-electron chi connectivity index (χ0n) is 21.6. The average molecular weight is 499 g/mol. The normalized spacial score (nSPS) is 17.0. The molecule has 2 aliphatic heterocycles.